The van der Waals surface area contributed by atoms with Crippen molar-refractivity contribution in [2.75, 3.05) is 40.1 Å². The Labute approximate surface area is 158 Å². The molecule has 2 heterocycles. The lowest BCUT2D eigenvalue weighted by molar-refractivity contribution is -0.894. The molecule has 2 aliphatic rings. The molecule has 0 saturated carbocycles. The molecule has 0 bridgehead atoms. The van der Waals surface area contributed by atoms with Gasteiger partial charge in [0.05, 0.1) is 56.6 Å². The summed E-state index contributed by atoms with van der Waals surface area (Å²) >= 11 is 6.18. The standard InChI is InChI=1S/C19H21ClN3O/c1-23(2)11-9-22(10-12-23)19-15-13-14(20)7-8-17(15)24-18-6-4-3-5-16(18)21-19/h3-8,13H,9-12H2,1-2H3/q+1/i9D2,10D2,11D2,12D2. The first-order valence-corrected chi connectivity index (χ1v) is 7.75. The van der Waals surface area contributed by atoms with Crippen LogP contribution in [0.3, 0.4) is 0 Å². The Morgan fingerprint density at radius 3 is 2.67 bits per heavy atom. The zero-order valence-corrected chi connectivity index (χ0v) is 13.9. The van der Waals surface area contributed by atoms with Crippen molar-refractivity contribution >= 4 is 23.1 Å². The second-order valence-electron chi connectivity index (χ2n) is 5.88. The lowest BCUT2D eigenvalue weighted by Crippen LogP contribution is -2.56. The van der Waals surface area contributed by atoms with Crippen molar-refractivity contribution in [2.45, 2.75) is 0 Å². The van der Waals surface area contributed by atoms with Gasteiger partial charge in [-0.05, 0) is 30.3 Å². The Balaban J connectivity index is 2.08. The first kappa shape index (κ1) is 8.88. The van der Waals surface area contributed by atoms with Gasteiger partial charge in [-0.3, -0.25) is 0 Å². The van der Waals surface area contributed by atoms with Crippen LogP contribution in [0, 0.1) is 0 Å². The molecule has 124 valence electrons. The fourth-order valence-corrected chi connectivity index (χ4v) is 2.55. The number of quaternary nitrogens is 1. The third-order valence-electron chi connectivity index (χ3n) is 3.59. The number of fused-ring (bicyclic) bond motifs is 2. The maximum atomic E-state index is 8.70. The number of hydrogen-bond acceptors (Lipinski definition) is 3. The van der Waals surface area contributed by atoms with Crippen molar-refractivity contribution in [2.24, 2.45) is 4.99 Å². The van der Waals surface area contributed by atoms with E-state index in [1.807, 2.05) is 0 Å². The number of aliphatic imine (C=N–C) groups is 1. The van der Waals surface area contributed by atoms with E-state index in [1.165, 1.54) is 12.1 Å². The van der Waals surface area contributed by atoms with Crippen molar-refractivity contribution < 1.29 is 20.2 Å². The van der Waals surface area contributed by atoms with Gasteiger partial charge in [0, 0.05) is 5.02 Å². The molecule has 0 spiro atoms. The number of amidine groups is 1. The molecule has 0 amide bonds. The van der Waals surface area contributed by atoms with Crippen LogP contribution in [-0.4, -0.2) is 55.3 Å². The molecule has 1 fully saturated rings. The highest BCUT2D eigenvalue weighted by molar-refractivity contribution is 6.31. The van der Waals surface area contributed by atoms with E-state index in [9.17, 15) is 0 Å². The fraction of sp³-hybridized carbons (Fsp3) is 0.316. The SMILES string of the molecule is [2H]C1([2H])N(C2=Nc3ccccc3Oc3ccc(Cl)cc32)C([2H])([2H])C([2H])([2H])[N+](C)(C)C1([2H])[2H]. The van der Waals surface area contributed by atoms with Gasteiger partial charge in [0.15, 0.2) is 5.75 Å². The summed E-state index contributed by atoms with van der Waals surface area (Å²) < 4.78 is 73.7. The molecule has 24 heavy (non-hydrogen) atoms. The van der Waals surface area contributed by atoms with Gasteiger partial charge < -0.3 is 14.1 Å². The normalized spacial score (nSPS) is 32.1. The molecule has 2 aliphatic heterocycles. The number of halogens is 1. The Morgan fingerprint density at radius 2 is 1.88 bits per heavy atom. The summed E-state index contributed by atoms with van der Waals surface area (Å²) in [6.45, 7) is -11.8. The molecule has 4 nitrogen and oxygen atoms in total. The van der Waals surface area contributed by atoms with E-state index in [1.54, 1.807) is 30.3 Å². The highest BCUT2D eigenvalue weighted by Gasteiger charge is 2.29. The van der Waals surface area contributed by atoms with Crippen LogP contribution in [-0.2, 0) is 0 Å². The number of ether oxygens (including phenoxy) is 1. The third-order valence-corrected chi connectivity index (χ3v) is 3.82. The van der Waals surface area contributed by atoms with Crippen LogP contribution >= 0.6 is 11.6 Å². The van der Waals surface area contributed by atoms with E-state index in [-0.39, 0.29) is 27.9 Å². The first-order chi connectivity index (χ1) is 14.6. The van der Waals surface area contributed by atoms with Crippen molar-refractivity contribution in [3.8, 4) is 11.5 Å². The Hall–Kier alpha value is -2.04. The molecule has 5 heteroatoms. The summed E-state index contributed by atoms with van der Waals surface area (Å²) in [4.78, 5) is 4.90. The zero-order chi connectivity index (χ0) is 23.9. The number of likely N-dealkylation sites (N-methyl/N-ethyl adjacent to an activating group) is 1. The van der Waals surface area contributed by atoms with Gasteiger partial charge in [0.2, 0.25) is 0 Å². The van der Waals surface area contributed by atoms with Crippen LogP contribution < -0.4 is 4.74 Å². The monoisotopic (exact) mass is 350 g/mol. The summed E-state index contributed by atoms with van der Waals surface area (Å²) in [5.41, 5.74) is 0.363. The van der Waals surface area contributed by atoms with Gasteiger partial charge >= 0.3 is 0 Å². The molecule has 1 saturated heterocycles. The smallest absolute Gasteiger partial charge is 0.153 e. The minimum absolute atomic E-state index is 0.111. The van der Waals surface area contributed by atoms with Crippen LogP contribution in [0.2, 0.25) is 5.02 Å². The third kappa shape index (κ3) is 2.87. The Morgan fingerprint density at radius 1 is 1.12 bits per heavy atom. The fourth-order valence-electron chi connectivity index (χ4n) is 2.38. The summed E-state index contributed by atoms with van der Waals surface area (Å²) in [5, 5.41) is 0.242. The minimum Gasteiger partial charge on any atom is -0.454 e. The molecule has 2 aromatic carbocycles. The van der Waals surface area contributed by atoms with Gasteiger partial charge in [-0.15, -0.1) is 0 Å². The van der Waals surface area contributed by atoms with Crippen LogP contribution in [0.5, 0.6) is 11.5 Å². The van der Waals surface area contributed by atoms with Crippen molar-refractivity contribution in [3.63, 3.8) is 0 Å². The van der Waals surface area contributed by atoms with Crippen molar-refractivity contribution in [1.82, 2.24) is 4.90 Å². The number of benzene rings is 2. The van der Waals surface area contributed by atoms with Crippen molar-refractivity contribution in [3.05, 3.63) is 53.1 Å². The predicted octanol–water partition coefficient (Wildman–Crippen LogP) is 3.92. The van der Waals surface area contributed by atoms with E-state index < -0.39 is 30.5 Å². The number of nitrogens with zero attached hydrogens (tertiary/aromatic N) is 3. The summed E-state index contributed by atoms with van der Waals surface area (Å²) in [5.74, 6) is 0.200. The quantitative estimate of drug-likeness (QED) is 0.673. The Bertz CT molecular complexity index is 1110. The molecule has 2 aromatic rings. The maximum Gasteiger partial charge on any atom is 0.153 e. The number of piperazine rings is 1. The van der Waals surface area contributed by atoms with Gasteiger partial charge in [-0.25, -0.2) is 4.99 Å². The van der Waals surface area contributed by atoms with Crippen molar-refractivity contribution in [1.29, 1.82) is 0 Å². The number of rotatable bonds is 0. The Kier molecular flexibility index (Phi) is 2.14. The highest BCUT2D eigenvalue weighted by atomic mass is 35.5. The molecule has 0 aromatic heterocycles. The molecule has 0 aliphatic carbocycles. The largest absolute Gasteiger partial charge is 0.454 e. The lowest BCUT2D eigenvalue weighted by atomic mass is 10.1. The van der Waals surface area contributed by atoms with Crippen LogP contribution in [0.25, 0.3) is 0 Å². The summed E-state index contributed by atoms with van der Waals surface area (Å²) in [7, 11) is 2.26. The average Bonchev–Trinajstić information content (AvgIpc) is 2.83. The summed E-state index contributed by atoms with van der Waals surface area (Å²) in [6, 6.07) is 11.1. The van der Waals surface area contributed by atoms with E-state index in [0.717, 1.165) is 14.1 Å². The van der Waals surface area contributed by atoms with Gasteiger partial charge in [-0.1, -0.05) is 23.7 Å². The van der Waals surface area contributed by atoms with Crippen LogP contribution in [0.4, 0.5) is 5.69 Å². The lowest BCUT2D eigenvalue weighted by Gasteiger charge is -2.40. The molecule has 0 radical (unpaired) electrons. The zero-order valence-electron chi connectivity index (χ0n) is 21.2. The minimum atomic E-state index is -3.02. The second-order valence-corrected chi connectivity index (χ2v) is 6.32. The first-order valence-electron chi connectivity index (χ1n) is 11.4. The molecule has 0 N–H and O–H groups in total. The predicted molar refractivity (Wildman–Crippen MR) is 97.6 cm³/mol. The highest BCUT2D eigenvalue weighted by Crippen LogP contribution is 2.38. The number of hydrogen-bond donors (Lipinski definition) is 0. The molecule has 0 atom stereocenters. The van der Waals surface area contributed by atoms with Gasteiger partial charge in [-0.2, -0.15) is 0 Å². The van der Waals surface area contributed by atoms with Gasteiger partial charge in [0.25, 0.3) is 0 Å². The molecular formula is C19H21ClN3O+. The maximum absolute atomic E-state index is 8.70. The summed E-state index contributed by atoms with van der Waals surface area (Å²) in [6.07, 6.45) is 0. The van der Waals surface area contributed by atoms with E-state index in [2.05, 4.69) is 4.99 Å². The molecule has 4 rings (SSSR count). The van der Waals surface area contributed by atoms with Crippen LogP contribution in [0.1, 0.15) is 16.5 Å². The van der Waals surface area contributed by atoms with Crippen LogP contribution in [0.15, 0.2) is 47.5 Å². The van der Waals surface area contributed by atoms with E-state index in [0.29, 0.717) is 10.6 Å². The van der Waals surface area contributed by atoms with Gasteiger partial charge in [0.1, 0.15) is 17.3 Å². The molecule has 0 unspecified atom stereocenters. The molecular weight excluding hydrogens is 322 g/mol. The second kappa shape index (κ2) is 5.80. The van der Waals surface area contributed by atoms with E-state index >= 15 is 0 Å². The number of para-hydroxylation sites is 2. The van der Waals surface area contributed by atoms with E-state index in [4.69, 9.17) is 27.3 Å². The topological polar surface area (TPSA) is 24.8 Å². The average molecular weight is 351 g/mol.